The third kappa shape index (κ3) is 4.16. The van der Waals surface area contributed by atoms with E-state index in [-0.39, 0.29) is 5.39 Å². The molecule has 0 fully saturated rings. The van der Waals surface area contributed by atoms with Crippen molar-refractivity contribution >= 4 is 10.8 Å². The van der Waals surface area contributed by atoms with Crippen molar-refractivity contribution in [2.24, 2.45) is 0 Å². The summed E-state index contributed by atoms with van der Waals surface area (Å²) in [6, 6.07) is 19.5. The lowest BCUT2D eigenvalue weighted by atomic mass is 10.1. The zero-order valence-corrected chi connectivity index (χ0v) is 15.7. The number of methoxy groups -OCH3 is 1. The van der Waals surface area contributed by atoms with Crippen molar-refractivity contribution in [3.63, 3.8) is 0 Å². The molecule has 4 aromatic rings. The van der Waals surface area contributed by atoms with Crippen molar-refractivity contribution in [2.45, 2.75) is 6.61 Å². The molecule has 2 nitrogen and oxygen atoms in total. The summed E-state index contributed by atoms with van der Waals surface area (Å²) < 4.78 is 32.2. The number of fused-ring (bicyclic) bond motifs is 1. The Morgan fingerprint density at radius 2 is 1.62 bits per heavy atom. The zero-order valence-electron chi connectivity index (χ0n) is 15.7. The van der Waals surface area contributed by atoms with Gasteiger partial charge in [0.05, 0.1) is 12.3 Å². The van der Waals surface area contributed by atoms with Crippen LogP contribution in [0.2, 0.25) is 0 Å². The van der Waals surface area contributed by atoms with Gasteiger partial charge in [0.2, 0.25) is 0 Å². The molecular formula is C25H17F2NO. The van der Waals surface area contributed by atoms with E-state index in [1.807, 2.05) is 36.4 Å². The largest absolute Gasteiger partial charge is 0.380 e. The number of rotatable bonds is 3. The molecule has 0 atom stereocenters. The van der Waals surface area contributed by atoms with Gasteiger partial charge >= 0.3 is 0 Å². The van der Waals surface area contributed by atoms with Gasteiger partial charge in [-0.15, -0.1) is 0 Å². The van der Waals surface area contributed by atoms with E-state index >= 15 is 0 Å². The monoisotopic (exact) mass is 385 g/mol. The van der Waals surface area contributed by atoms with E-state index < -0.39 is 11.6 Å². The van der Waals surface area contributed by atoms with Crippen molar-refractivity contribution in [3.05, 3.63) is 101 Å². The molecule has 0 N–H and O–H groups in total. The second-order valence-electron chi connectivity index (χ2n) is 6.61. The lowest BCUT2D eigenvalue weighted by Gasteiger charge is -2.03. The summed E-state index contributed by atoms with van der Waals surface area (Å²) in [5.74, 6) is 4.49. The standard InChI is InChI=1S/C25H17F2NO/c1-29-16-19-7-13-24(28-15-19)20-8-4-17(5-9-20)2-3-18-6-11-22-21(14-18)10-12-23(26)25(22)27/h4-15H,16H2,1H3. The van der Waals surface area contributed by atoms with Crippen LogP contribution in [0.3, 0.4) is 0 Å². The van der Waals surface area contributed by atoms with E-state index in [2.05, 4.69) is 16.8 Å². The van der Waals surface area contributed by atoms with Crippen LogP contribution < -0.4 is 0 Å². The molecule has 1 heterocycles. The molecule has 0 spiro atoms. The molecule has 0 aliphatic rings. The Kier molecular flexibility index (Phi) is 5.33. The Balaban J connectivity index is 1.54. The average molecular weight is 385 g/mol. The first kappa shape index (κ1) is 18.8. The first-order valence-corrected chi connectivity index (χ1v) is 9.08. The number of aromatic nitrogens is 1. The number of benzene rings is 3. The quantitative estimate of drug-likeness (QED) is 0.421. The third-order valence-electron chi connectivity index (χ3n) is 4.57. The fourth-order valence-electron chi connectivity index (χ4n) is 3.06. The first-order valence-electron chi connectivity index (χ1n) is 9.08. The molecule has 3 aromatic carbocycles. The summed E-state index contributed by atoms with van der Waals surface area (Å²) in [7, 11) is 1.66. The summed E-state index contributed by atoms with van der Waals surface area (Å²) >= 11 is 0. The minimum absolute atomic E-state index is 0.254. The van der Waals surface area contributed by atoms with Crippen LogP contribution in [0.4, 0.5) is 8.78 Å². The van der Waals surface area contributed by atoms with Gasteiger partial charge in [0.25, 0.3) is 0 Å². The lowest BCUT2D eigenvalue weighted by Crippen LogP contribution is -1.90. The highest BCUT2D eigenvalue weighted by Gasteiger charge is 2.06. The van der Waals surface area contributed by atoms with Gasteiger partial charge in [0.1, 0.15) is 0 Å². The van der Waals surface area contributed by atoms with Crippen molar-refractivity contribution in [2.75, 3.05) is 7.11 Å². The third-order valence-corrected chi connectivity index (χ3v) is 4.57. The highest BCUT2D eigenvalue weighted by atomic mass is 19.2. The van der Waals surface area contributed by atoms with Gasteiger partial charge < -0.3 is 4.74 Å². The maximum absolute atomic E-state index is 13.8. The molecule has 4 rings (SSSR count). The summed E-state index contributed by atoms with van der Waals surface area (Å²) in [6.45, 7) is 0.540. The predicted molar refractivity (Wildman–Crippen MR) is 110 cm³/mol. The predicted octanol–water partition coefficient (Wildman–Crippen LogP) is 5.73. The van der Waals surface area contributed by atoms with Gasteiger partial charge in [-0.1, -0.05) is 42.2 Å². The van der Waals surface area contributed by atoms with E-state index in [0.717, 1.165) is 34.0 Å². The lowest BCUT2D eigenvalue weighted by molar-refractivity contribution is 0.184. The van der Waals surface area contributed by atoms with Crippen LogP contribution in [0.5, 0.6) is 0 Å². The Morgan fingerprint density at radius 3 is 2.34 bits per heavy atom. The Hall–Kier alpha value is -3.55. The van der Waals surface area contributed by atoms with Gasteiger partial charge in [0, 0.05) is 35.4 Å². The average Bonchev–Trinajstić information content (AvgIpc) is 2.76. The van der Waals surface area contributed by atoms with Crippen LogP contribution in [-0.4, -0.2) is 12.1 Å². The molecule has 0 saturated carbocycles. The summed E-state index contributed by atoms with van der Waals surface area (Å²) in [6.07, 6.45) is 1.81. The van der Waals surface area contributed by atoms with E-state index in [4.69, 9.17) is 4.74 Å². The highest BCUT2D eigenvalue weighted by Crippen LogP contribution is 2.22. The molecular weight excluding hydrogens is 368 g/mol. The van der Waals surface area contributed by atoms with Crippen LogP contribution in [0.25, 0.3) is 22.0 Å². The van der Waals surface area contributed by atoms with Crippen molar-refractivity contribution in [3.8, 4) is 23.1 Å². The fourth-order valence-corrected chi connectivity index (χ4v) is 3.06. The SMILES string of the molecule is COCc1ccc(-c2ccc(C#Cc3ccc4c(F)c(F)ccc4c3)cc2)nc1. The first-order chi connectivity index (χ1) is 14.1. The smallest absolute Gasteiger partial charge is 0.166 e. The second-order valence-corrected chi connectivity index (χ2v) is 6.61. The number of nitrogens with zero attached hydrogens (tertiary/aromatic N) is 1. The minimum atomic E-state index is -0.848. The van der Waals surface area contributed by atoms with Gasteiger partial charge in [-0.3, -0.25) is 4.98 Å². The summed E-state index contributed by atoms with van der Waals surface area (Å²) in [4.78, 5) is 4.46. The molecule has 0 amide bonds. The maximum Gasteiger partial charge on any atom is 0.166 e. The molecule has 0 aliphatic heterocycles. The highest BCUT2D eigenvalue weighted by molar-refractivity contribution is 5.84. The second kappa shape index (κ2) is 8.22. The number of halogens is 2. The van der Waals surface area contributed by atoms with E-state index in [1.165, 1.54) is 0 Å². The molecule has 0 unspecified atom stereocenters. The summed E-state index contributed by atoms with van der Waals surface area (Å²) in [5, 5.41) is 0.873. The van der Waals surface area contributed by atoms with Gasteiger partial charge in [-0.05, 0) is 47.3 Å². The number of hydrogen-bond acceptors (Lipinski definition) is 2. The van der Waals surface area contributed by atoms with E-state index in [1.54, 1.807) is 37.6 Å². The van der Waals surface area contributed by atoms with Crippen molar-refractivity contribution in [1.29, 1.82) is 0 Å². The van der Waals surface area contributed by atoms with Gasteiger partial charge in [-0.2, -0.15) is 0 Å². The number of ether oxygens (including phenoxy) is 1. The number of hydrogen-bond donors (Lipinski definition) is 0. The Labute approximate surface area is 167 Å². The normalized spacial score (nSPS) is 10.6. The summed E-state index contributed by atoms with van der Waals surface area (Å²) in [5.41, 5.74) is 4.51. The molecule has 0 bridgehead atoms. The molecule has 142 valence electrons. The molecule has 1 aromatic heterocycles. The van der Waals surface area contributed by atoms with Crippen molar-refractivity contribution < 1.29 is 13.5 Å². The van der Waals surface area contributed by atoms with E-state index in [0.29, 0.717) is 12.0 Å². The van der Waals surface area contributed by atoms with Crippen LogP contribution >= 0.6 is 0 Å². The molecule has 0 saturated heterocycles. The maximum atomic E-state index is 13.8. The van der Waals surface area contributed by atoms with Crippen LogP contribution in [-0.2, 0) is 11.3 Å². The van der Waals surface area contributed by atoms with Gasteiger partial charge in [-0.25, -0.2) is 8.78 Å². The van der Waals surface area contributed by atoms with Gasteiger partial charge in [0.15, 0.2) is 11.6 Å². The number of pyridine rings is 1. The zero-order chi connectivity index (χ0) is 20.2. The van der Waals surface area contributed by atoms with E-state index in [9.17, 15) is 8.78 Å². The molecule has 4 heteroatoms. The fraction of sp³-hybridized carbons (Fsp3) is 0.0800. The molecule has 29 heavy (non-hydrogen) atoms. The van der Waals surface area contributed by atoms with Crippen molar-refractivity contribution in [1.82, 2.24) is 4.98 Å². The molecule has 0 radical (unpaired) electrons. The topological polar surface area (TPSA) is 22.1 Å². The van der Waals surface area contributed by atoms with Crippen LogP contribution in [0.1, 0.15) is 16.7 Å². The Bertz CT molecular complexity index is 1220. The Morgan fingerprint density at radius 1 is 0.862 bits per heavy atom. The van der Waals surface area contributed by atoms with Crippen LogP contribution in [0, 0.1) is 23.5 Å². The van der Waals surface area contributed by atoms with Crippen LogP contribution in [0.15, 0.2) is 72.9 Å². The minimum Gasteiger partial charge on any atom is -0.380 e. The molecule has 0 aliphatic carbocycles.